The fraction of sp³-hybridized carbons (Fsp3) is 0.545. The van der Waals surface area contributed by atoms with Gasteiger partial charge in [-0.25, -0.2) is 0 Å². The molecule has 0 spiro atoms. The number of carbonyl (C=O) groups is 1. The van der Waals surface area contributed by atoms with Crippen molar-refractivity contribution in [1.82, 2.24) is 20.3 Å². The zero-order valence-corrected chi connectivity index (χ0v) is 18.7. The normalized spacial score (nSPS) is 21.5. The molecule has 2 heterocycles. The number of morpholine rings is 1. The van der Waals surface area contributed by atoms with E-state index >= 15 is 0 Å². The molecule has 31 heavy (non-hydrogen) atoms. The van der Waals surface area contributed by atoms with Crippen LogP contribution in [0.3, 0.4) is 0 Å². The largest absolute Gasteiger partial charge is 0.378 e. The van der Waals surface area contributed by atoms with Gasteiger partial charge in [0.2, 0.25) is 17.8 Å². The summed E-state index contributed by atoms with van der Waals surface area (Å²) in [5, 5.41) is 6.99. The number of hydrogen-bond acceptors (Lipinski definition) is 8. The van der Waals surface area contributed by atoms with Gasteiger partial charge in [-0.2, -0.15) is 15.0 Å². The van der Waals surface area contributed by atoms with Crippen molar-refractivity contribution in [2.24, 2.45) is 5.92 Å². The van der Waals surface area contributed by atoms with Crippen molar-refractivity contribution < 1.29 is 9.53 Å². The molecule has 9 heteroatoms. The molecule has 1 aliphatic heterocycles. The Balaban J connectivity index is 1.44. The summed E-state index contributed by atoms with van der Waals surface area (Å²) in [6.07, 6.45) is 4.70. The third-order valence-corrected chi connectivity index (χ3v) is 6.56. The maximum atomic E-state index is 12.5. The Morgan fingerprint density at radius 2 is 1.90 bits per heavy atom. The molecule has 1 aromatic heterocycles. The molecule has 2 aromatic rings. The average Bonchev–Trinajstić information content (AvgIpc) is 2.80. The molecular formula is C22H30N6O2S. The van der Waals surface area contributed by atoms with Crippen LogP contribution in [0.5, 0.6) is 0 Å². The minimum Gasteiger partial charge on any atom is -0.378 e. The quantitative estimate of drug-likeness (QED) is 0.632. The lowest BCUT2D eigenvalue weighted by atomic mass is 9.86. The van der Waals surface area contributed by atoms with Gasteiger partial charge < -0.3 is 20.3 Å². The summed E-state index contributed by atoms with van der Waals surface area (Å²) in [6, 6.07) is 10.1. The van der Waals surface area contributed by atoms with Crippen LogP contribution in [0.25, 0.3) is 0 Å². The van der Waals surface area contributed by atoms with E-state index in [4.69, 9.17) is 4.74 Å². The van der Waals surface area contributed by atoms with Gasteiger partial charge >= 0.3 is 0 Å². The number of thioether (sulfide) groups is 1. The van der Waals surface area contributed by atoms with Crippen LogP contribution >= 0.6 is 11.8 Å². The Labute approximate surface area is 187 Å². The number of amides is 1. The second-order valence-corrected chi connectivity index (χ2v) is 9.00. The highest BCUT2D eigenvalue weighted by Gasteiger charge is 2.23. The molecular weight excluding hydrogens is 412 g/mol. The van der Waals surface area contributed by atoms with E-state index in [0.29, 0.717) is 41.9 Å². The maximum absolute atomic E-state index is 12.5. The summed E-state index contributed by atoms with van der Waals surface area (Å²) in [5.74, 6) is 1.96. The molecule has 2 N–H and O–H groups in total. The summed E-state index contributed by atoms with van der Waals surface area (Å²) in [6.45, 7) is 4.99. The summed E-state index contributed by atoms with van der Waals surface area (Å²) >= 11 is 1.35. The lowest BCUT2D eigenvalue weighted by molar-refractivity contribution is -0.119. The van der Waals surface area contributed by atoms with E-state index in [2.05, 4.69) is 37.4 Å². The van der Waals surface area contributed by atoms with Gasteiger partial charge in [0.1, 0.15) is 0 Å². The smallest absolute Gasteiger partial charge is 0.233 e. The Kier molecular flexibility index (Phi) is 7.58. The van der Waals surface area contributed by atoms with Crippen LogP contribution in [0.1, 0.15) is 32.6 Å². The van der Waals surface area contributed by atoms with Crippen LogP contribution < -0.4 is 15.5 Å². The Bertz CT molecular complexity index is 862. The van der Waals surface area contributed by atoms with Gasteiger partial charge in [-0.3, -0.25) is 4.79 Å². The number of benzene rings is 1. The molecule has 2 fully saturated rings. The van der Waals surface area contributed by atoms with Crippen LogP contribution in [-0.4, -0.2) is 59.0 Å². The number of hydrogen-bond donors (Lipinski definition) is 2. The number of ether oxygens (including phenoxy) is 1. The zero-order valence-electron chi connectivity index (χ0n) is 17.9. The zero-order chi connectivity index (χ0) is 21.5. The van der Waals surface area contributed by atoms with E-state index in [1.165, 1.54) is 31.0 Å². The fourth-order valence-corrected chi connectivity index (χ4v) is 4.57. The van der Waals surface area contributed by atoms with Gasteiger partial charge in [-0.1, -0.05) is 49.7 Å². The molecule has 166 valence electrons. The average molecular weight is 443 g/mol. The van der Waals surface area contributed by atoms with Gasteiger partial charge in [0.05, 0.1) is 19.0 Å². The number of anilines is 3. The van der Waals surface area contributed by atoms with Gasteiger partial charge in [0, 0.05) is 24.8 Å². The highest BCUT2D eigenvalue weighted by atomic mass is 32.2. The summed E-state index contributed by atoms with van der Waals surface area (Å²) < 4.78 is 5.45. The molecule has 0 radical (unpaired) electrons. The van der Waals surface area contributed by atoms with E-state index in [1.807, 2.05) is 30.3 Å². The lowest BCUT2D eigenvalue weighted by Crippen LogP contribution is -2.41. The van der Waals surface area contributed by atoms with Crippen molar-refractivity contribution in [2.75, 3.05) is 42.3 Å². The predicted octanol–water partition coefficient (Wildman–Crippen LogP) is 3.24. The number of aromatic nitrogens is 3. The summed E-state index contributed by atoms with van der Waals surface area (Å²) in [4.78, 5) is 28.4. The van der Waals surface area contributed by atoms with E-state index in [9.17, 15) is 4.79 Å². The van der Waals surface area contributed by atoms with Crippen LogP contribution in [0.4, 0.5) is 17.6 Å². The first-order chi connectivity index (χ1) is 15.2. The van der Waals surface area contributed by atoms with Crippen molar-refractivity contribution in [1.29, 1.82) is 0 Å². The van der Waals surface area contributed by atoms with Crippen LogP contribution in [-0.2, 0) is 9.53 Å². The highest BCUT2D eigenvalue weighted by Crippen LogP contribution is 2.25. The second kappa shape index (κ2) is 10.8. The number of nitrogens with one attached hydrogen (secondary N) is 2. The molecule has 1 saturated carbocycles. The van der Waals surface area contributed by atoms with Gasteiger partial charge in [0.25, 0.3) is 0 Å². The molecule has 4 rings (SSSR count). The van der Waals surface area contributed by atoms with E-state index < -0.39 is 0 Å². The van der Waals surface area contributed by atoms with Crippen molar-refractivity contribution >= 4 is 35.3 Å². The van der Waals surface area contributed by atoms with Crippen LogP contribution in [0.15, 0.2) is 35.5 Å². The summed E-state index contributed by atoms with van der Waals surface area (Å²) in [7, 11) is 0. The second-order valence-electron chi connectivity index (χ2n) is 8.06. The molecule has 0 unspecified atom stereocenters. The van der Waals surface area contributed by atoms with Crippen molar-refractivity contribution in [2.45, 2.75) is 43.8 Å². The first kappa shape index (κ1) is 21.8. The third-order valence-electron chi connectivity index (χ3n) is 5.72. The van der Waals surface area contributed by atoms with Crippen LogP contribution in [0.2, 0.25) is 0 Å². The number of para-hydroxylation sites is 1. The van der Waals surface area contributed by atoms with Gasteiger partial charge in [-0.05, 0) is 30.9 Å². The fourth-order valence-electron chi connectivity index (χ4n) is 3.93. The van der Waals surface area contributed by atoms with Crippen molar-refractivity contribution in [3.63, 3.8) is 0 Å². The molecule has 1 aliphatic carbocycles. The van der Waals surface area contributed by atoms with Crippen LogP contribution in [0, 0.1) is 5.92 Å². The third kappa shape index (κ3) is 6.30. The lowest BCUT2D eigenvalue weighted by Gasteiger charge is -2.29. The molecule has 0 bridgehead atoms. The predicted molar refractivity (Wildman–Crippen MR) is 123 cm³/mol. The number of nitrogens with zero attached hydrogens (tertiary/aromatic N) is 4. The topological polar surface area (TPSA) is 92.3 Å². The molecule has 2 atom stereocenters. The first-order valence-corrected chi connectivity index (χ1v) is 12.0. The number of carbonyl (C=O) groups excluding carboxylic acids is 1. The molecule has 8 nitrogen and oxygen atoms in total. The van der Waals surface area contributed by atoms with Crippen molar-refractivity contribution in [3.8, 4) is 0 Å². The minimum atomic E-state index is 0.0367. The van der Waals surface area contributed by atoms with Crippen molar-refractivity contribution in [3.05, 3.63) is 30.3 Å². The Morgan fingerprint density at radius 1 is 1.13 bits per heavy atom. The molecule has 1 aromatic carbocycles. The molecule has 2 aliphatic rings. The van der Waals surface area contributed by atoms with E-state index in [-0.39, 0.29) is 11.9 Å². The first-order valence-electron chi connectivity index (χ1n) is 11.0. The monoisotopic (exact) mass is 442 g/mol. The Hall–Kier alpha value is -2.39. The SMILES string of the molecule is C[C@@H]1CCCC[C@H]1NC(=O)CSc1nc(Nc2ccccc2)nc(N2CCOCC2)n1. The molecule has 1 amide bonds. The van der Waals surface area contributed by atoms with E-state index in [0.717, 1.165) is 25.2 Å². The minimum absolute atomic E-state index is 0.0367. The van der Waals surface area contributed by atoms with Gasteiger partial charge in [-0.15, -0.1) is 0 Å². The maximum Gasteiger partial charge on any atom is 0.233 e. The van der Waals surface area contributed by atoms with Gasteiger partial charge in [0.15, 0.2) is 5.16 Å². The summed E-state index contributed by atoms with van der Waals surface area (Å²) in [5.41, 5.74) is 0.904. The highest BCUT2D eigenvalue weighted by molar-refractivity contribution is 7.99. The standard InChI is InChI=1S/C22H30N6O2S/c1-16-7-5-6-10-18(16)24-19(29)15-31-22-26-20(23-17-8-3-2-4-9-17)25-21(27-22)28-11-13-30-14-12-28/h2-4,8-9,16,18H,5-7,10-15H2,1H3,(H,24,29)(H,23,25,26,27)/t16-,18-/m1/s1. The Morgan fingerprint density at radius 3 is 2.68 bits per heavy atom. The molecule has 1 saturated heterocycles. The number of rotatable bonds is 7. The van der Waals surface area contributed by atoms with E-state index in [1.54, 1.807) is 0 Å².